The standard InChI is InChI=1S/C18H23N7O2/c1-23-16-4-3-13(17(27)19-6-2-7-24-11-20-21-12-24)9-15(16)22-18(23)25-8-5-14(26)10-25/h3-4,9,11-12,14,26H,2,5-8,10H2,1H3,(H,19,27)/t14-/m0/s1. The van der Waals surface area contributed by atoms with Crippen LogP contribution in [0.1, 0.15) is 23.2 Å². The van der Waals surface area contributed by atoms with Gasteiger partial charge >= 0.3 is 0 Å². The molecule has 1 atom stereocenters. The van der Waals surface area contributed by atoms with Crippen molar-refractivity contribution in [1.82, 2.24) is 29.6 Å². The zero-order valence-corrected chi connectivity index (χ0v) is 15.2. The molecule has 0 bridgehead atoms. The molecule has 1 amide bonds. The number of nitrogens with one attached hydrogen (secondary N) is 1. The number of aryl methyl sites for hydroxylation is 2. The Morgan fingerprint density at radius 1 is 1.33 bits per heavy atom. The van der Waals surface area contributed by atoms with Gasteiger partial charge in [0, 0.05) is 38.8 Å². The summed E-state index contributed by atoms with van der Waals surface area (Å²) >= 11 is 0. The first-order valence-corrected chi connectivity index (χ1v) is 9.12. The highest BCUT2D eigenvalue weighted by atomic mass is 16.3. The number of fused-ring (bicyclic) bond motifs is 1. The van der Waals surface area contributed by atoms with Gasteiger partial charge in [0.15, 0.2) is 0 Å². The van der Waals surface area contributed by atoms with Crippen LogP contribution in [0.4, 0.5) is 5.95 Å². The highest BCUT2D eigenvalue weighted by Gasteiger charge is 2.24. The minimum atomic E-state index is -0.302. The van der Waals surface area contributed by atoms with Gasteiger partial charge in [-0.1, -0.05) is 0 Å². The first-order valence-electron chi connectivity index (χ1n) is 9.12. The Bertz CT molecular complexity index is 935. The van der Waals surface area contributed by atoms with Crippen LogP contribution in [0, 0.1) is 0 Å². The van der Waals surface area contributed by atoms with Gasteiger partial charge in [-0.15, -0.1) is 10.2 Å². The van der Waals surface area contributed by atoms with Crippen LogP contribution in [0.15, 0.2) is 30.9 Å². The lowest BCUT2D eigenvalue weighted by Gasteiger charge is -2.16. The molecule has 1 aromatic carbocycles. The molecule has 1 saturated heterocycles. The van der Waals surface area contributed by atoms with Crippen molar-refractivity contribution in [2.24, 2.45) is 7.05 Å². The number of aromatic nitrogens is 5. The lowest BCUT2D eigenvalue weighted by molar-refractivity contribution is 0.0953. The Labute approximate surface area is 156 Å². The van der Waals surface area contributed by atoms with E-state index in [1.807, 2.05) is 34.4 Å². The smallest absolute Gasteiger partial charge is 0.251 e. The van der Waals surface area contributed by atoms with Crippen LogP contribution in [-0.2, 0) is 13.6 Å². The maximum atomic E-state index is 12.4. The number of nitrogens with zero attached hydrogens (tertiary/aromatic N) is 6. The van der Waals surface area contributed by atoms with E-state index in [1.54, 1.807) is 12.7 Å². The van der Waals surface area contributed by atoms with Crippen molar-refractivity contribution in [3.63, 3.8) is 0 Å². The average molecular weight is 369 g/mol. The fourth-order valence-electron chi connectivity index (χ4n) is 3.44. The van der Waals surface area contributed by atoms with E-state index in [0.29, 0.717) is 18.7 Å². The van der Waals surface area contributed by atoms with Gasteiger partial charge in [0.25, 0.3) is 5.91 Å². The molecular weight excluding hydrogens is 346 g/mol. The second-order valence-electron chi connectivity index (χ2n) is 6.87. The Balaban J connectivity index is 1.42. The molecule has 2 aromatic heterocycles. The number of benzene rings is 1. The van der Waals surface area contributed by atoms with Crippen molar-refractivity contribution in [1.29, 1.82) is 0 Å². The second-order valence-corrected chi connectivity index (χ2v) is 6.87. The number of hydrogen-bond acceptors (Lipinski definition) is 6. The van der Waals surface area contributed by atoms with E-state index in [4.69, 9.17) is 0 Å². The average Bonchev–Trinajstić information content (AvgIpc) is 3.39. The maximum absolute atomic E-state index is 12.4. The molecule has 0 spiro atoms. The second kappa shape index (κ2) is 7.36. The van der Waals surface area contributed by atoms with Crippen LogP contribution in [0.2, 0.25) is 0 Å². The first kappa shape index (κ1) is 17.5. The number of imidazole rings is 1. The number of amides is 1. The zero-order chi connectivity index (χ0) is 18.8. The summed E-state index contributed by atoms with van der Waals surface area (Å²) in [6.07, 6.45) is 4.58. The molecule has 3 aromatic rings. The van der Waals surface area contributed by atoms with Gasteiger partial charge in [-0.25, -0.2) is 4.98 Å². The molecule has 0 aliphatic carbocycles. The summed E-state index contributed by atoms with van der Waals surface area (Å²) in [5, 5.41) is 20.2. The number of carbonyl (C=O) groups is 1. The molecule has 27 heavy (non-hydrogen) atoms. The highest BCUT2D eigenvalue weighted by molar-refractivity contribution is 5.97. The minimum absolute atomic E-state index is 0.107. The summed E-state index contributed by atoms with van der Waals surface area (Å²) in [6.45, 7) is 2.72. The maximum Gasteiger partial charge on any atom is 0.251 e. The predicted octanol–water partition coefficient (Wildman–Crippen LogP) is 0.556. The summed E-state index contributed by atoms with van der Waals surface area (Å²) in [4.78, 5) is 19.2. The Kier molecular flexibility index (Phi) is 4.76. The Hall–Kier alpha value is -2.94. The summed E-state index contributed by atoms with van der Waals surface area (Å²) in [5.74, 6) is 0.720. The molecule has 9 heteroatoms. The van der Waals surface area contributed by atoms with Crippen LogP contribution in [0.3, 0.4) is 0 Å². The number of rotatable bonds is 6. The van der Waals surface area contributed by atoms with Crippen molar-refractivity contribution < 1.29 is 9.90 Å². The normalized spacial score (nSPS) is 17.0. The predicted molar refractivity (Wildman–Crippen MR) is 101 cm³/mol. The number of anilines is 1. The summed E-state index contributed by atoms with van der Waals surface area (Å²) < 4.78 is 3.89. The number of β-amino-alcohol motifs (C(OH)–C–C–N with tert-alkyl or cyclic N) is 1. The fraction of sp³-hybridized carbons (Fsp3) is 0.444. The van der Waals surface area contributed by atoms with Crippen LogP contribution in [0.25, 0.3) is 11.0 Å². The summed E-state index contributed by atoms with van der Waals surface area (Å²) in [5.41, 5.74) is 2.35. The number of aliphatic hydroxyl groups is 1. The highest BCUT2D eigenvalue weighted by Crippen LogP contribution is 2.25. The van der Waals surface area contributed by atoms with Crippen LogP contribution >= 0.6 is 0 Å². The number of carbonyl (C=O) groups excluding carboxylic acids is 1. The first-order chi connectivity index (χ1) is 13.1. The van der Waals surface area contributed by atoms with Gasteiger partial charge < -0.3 is 24.5 Å². The molecular formula is C18H23N7O2. The van der Waals surface area contributed by atoms with Gasteiger partial charge in [0.1, 0.15) is 12.7 Å². The number of aliphatic hydroxyl groups excluding tert-OH is 1. The molecule has 1 aliphatic heterocycles. The molecule has 0 radical (unpaired) electrons. The van der Waals surface area contributed by atoms with Gasteiger partial charge in [-0.2, -0.15) is 0 Å². The Morgan fingerprint density at radius 2 is 2.15 bits per heavy atom. The lowest BCUT2D eigenvalue weighted by atomic mass is 10.2. The summed E-state index contributed by atoms with van der Waals surface area (Å²) in [7, 11) is 1.96. The summed E-state index contributed by atoms with van der Waals surface area (Å²) in [6, 6.07) is 5.56. The molecule has 1 aliphatic rings. The SMILES string of the molecule is Cn1c(N2CC[C@H](O)C2)nc2cc(C(=O)NCCCn3cnnc3)ccc21. The van der Waals surface area contributed by atoms with Gasteiger partial charge in [-0.05, 0) is 31.0 Å². The lowest BCUT2D eigenvalue weighted by Crippen LogP contribution is -2.25. The van der Waals surface area contributed by atoms with Crippen molar-refractivity contribution in [2.75, 3.05) is 24.5 Å². The fourth-order valence-corrected chi connectivity index (χ4v) is 3.44. The third kappa shape index (κ3) is 3.63. The Morgan fingerprint density at radius 3 is 2.89 bits per heavy atom. The van der Waals surface area contributed by atoms with E-state index in [2.05, 4.69) is 25.4 Å². The number of hydrogen-bond donors (Lipinski definition) is 2. The van der Waals surface area contributed by atoms with Gasteiger partial charge in [0.05, 0.1) is 17.1 Å². The molecule has 2 N–H and O–H groups in total. The largest absolute Gasteiger partial charge is 0.391 e. The van der Waals surface area contributed by atoms with Crippen molar-refractivity contribution in [2.45, 2.75) is 25.5 Å². The third-order valence-corrected chi connectivity index (χ3v) is 4.91. The van der Waals surface area contributed by atoms with E-state index in [0.717, 1.165) is 42.9 Å². The van der Waals surface area contributed by atoms with E-state index < -0.39 is 0 Å². The van der Waals surface area contributed by atoms with Crippen LogP contribution in [-0.4, -0.2) is 61.1 Å². The van der Waals surface area contributed by atoms with E-state index >= 15 is 0 Å². The topological polar surface area (TPSA) is 101 Å². The molecule has 1 fully saturated rings. The van der Waals surface area contributed by atoms with Crippen molar-refractivity contribution in [3.8, 4) is 0 Å². The molecule has 0 saturated carbocycles. The van der Waals surface area contributed by atoms with E-state index in [-0.39, 0.29) is 12.0 Å². The van der Waals surface area contributed by atoms with Crippen LogP contribution in [0.5, 0.6) is 0 Å². The minimum Gasteiger partial charge on any atom is -0.391 e. The van der Waals surface area contributed by atoms with Crippen LogP contribution < -0.4 is 10.2 Å². The molecule has 0 unspecified atom stereocenters. The third-order valence-electron chi connectivity index (χ3n) is 4.91. The molecule has 3 heterocycles. The van der Waals surface area contributed by atoms with Gasteiger partial charge in [0.2, 0.25) is 5.95 Å². The van der Waals surface area contributed by atoms with E-state index in [1.165, 1.54) is 0 Å². The van der Waals surface area contributed by atoms with E-state index in [9.17, 15) is 9.90 Å². The molecule has 9 nitrogen and oxygen atoms in total. The molecule has 142 valence electrons. The van der Waals surface area contributed by atoms with Gasteiger partial charge in [-0.3, -0.25) is 4.79 Å². The van der Waals surface area contributed by atoms with Crippen molar-refractivity contribution in [3.05, 3.63) is 36.4 Å². The quantitative estimate of drug-likeness (QED) is 0.616. The molecule has 4 rings (SSSR count). The van der Waals surface area contributed by atoms with Crippen molar-refractivity contribution >= 4 is 22.9 Å². The monoisotopic (exact) mass is 369 g/mol. The zero-order valence-electron chi connectivity index (χ0n) is 15.2.